The van der Waals surface area contributed by atoms with E-state index in [9.17, 15) is 9.59 Å². The minimum Gasteiger partial charge on any atom is -0.459 e. The molecule has 182 valence electrons. The Bertz CT molecular complexity index is 1110. The molecule has 3 aromatic carbocycles. The number of carbonyl (C=O) groups excluding carboxylic acids is 2. The lowest BCUT2D eigenvalue weighted by Gasteiger charge is -2.43. The van der Waals surface area contributed by atoms with E-state index in [0.29, 0.717) is 11.1 Å². The second-order valence-corrected chi connectivity index (χ2v) is 10.1. The smallest absolute Gasteiger partial charge is 0.338 e. The number of esters is 2. The van der Waals surface area contributed by atoms with Gasteiger partial charge in [0.15, 0.2) is 0 Å². The van der Waals surface area contributed by atoms with Gasteiger partial charge < -0.3 is 14.2 Å². The Morgan fingerprint density at radius 3 is 1.97 bits per heavy atom. The topological polar surface area (TPSA) is 61.8 Å². The fraction of sp³-hybridized carbons (Fsp3) is 0.310. The summed E-state index contributed by atoms with van der Waals surface area (Å²) >= 11 is 1.52. The first-order valence-corrected chi connectivity index (χ1v) is 12.7. The lowest BCUT2D eigenvalue weighted by Crippen LogP contribution is -2.51. The van der Waals surface area contributed by atoms with E-state index in [1.165, 1.54) is 17.3 Å². The van der Waals surface area contributed by atoms with Gasteiger partial charge in [-0.25, -0.2) is 9.59 Å². The van der Waals surface area contributed by atoms with Crippen LogP contribution in [0.3, 0.4) is 0 Å². The van der Waals surface area contributed by atoms with E-state index in [4.69, 9.17) is 14.2 Å². The Morgan fingerprint density at radius 1 is 0.800 bits per heavy atom. The molecule has 1 aliphatic heterocycles. The minimum atomic E-state index is -0.468. The molecule has 0 saturated carbocycles. The van der Waals surface area contributed by atoms with Crippen molar-refractivity contribution in [3.63, 3.8) is 0 Å². The first-order valence-electron chi connectivity index (χ1n) is 11.8. The number of hydrogen-bond acceptors (Lipinski definition) is 6. The van der Waals surface area contributed by atoms with Gasteiger partial charge in [0.25, 0.3) is 0 Å². The molecule has 0 aliphatic carbocycles. The molecule has 0 N–H and O–H groups in total. The van der Waals surface area contributed by atoms with Crippen molar-refractivity contribution in [2.75, 3.05) is 6.61 Å². The summed E-state index contributed by atoms with van der Waals surface area (Å²) in [5.41, 5.74) is 1.73. The molecule has 0 bridgehead atoms. The summed E-state index contributed by atoms with van der Waals surface area (Å²) in [6, 6.07) is 26.1. The molecule has 3 aromatic rings. The van der Waals surface area contributed by atoms with Crippen molar-refractivity contribution < 1.29 is 23.8 Å². The highest BCUT2D eigenvalue weighted by molar-refractivity contribution is 7.99. The van der Waals surface area contributed by atoms with Gasteiger partial charge in [-0.2, -0.15) is 0 Å². The minimum absolute atomic E-state index is 0.00187. The molecule has 5 atom stereocenters. The molecule has 3 unspecified atom stereocenters. The quantitative estimate of drug-likeness (QED) is 0.369. The van der Waals surface area contributed by atoms with Crippen LogP contribution in [0, 0.1) is 18.8 Å². The molecule has 35 heavy (non-hydrogen) atoms. The lowest BCUT2D eigenvalue weighted by atomic mass is 9.84. The van der Waals surface area contributed by atoms with Gasteiger partial charge in [-0.3, -0.25) is 0 Å². The number of ether oxygens (including phenoxy) is 3. The first-order chi connectivity index (χ1) is 16.9. The fourth-order valence-corrected chi connectivity index (χ4v) is 5.24. The van der Waals surface area contributed by atoms with Crippen molar-refractivity contribution in [2.45, 2.75) is 43.3 Å². The number of hydrogen-bond donors (Lipinski definition) is 0. The Kier molecular flexibility index (Phi) is 8.26. The molecule has 0 amide bonds. The Labute approximate surface area is 210 Å². The summed E-state index contributed by atoms with van der Waals surface area (Å²) in [7, 11) is 0. The summed E-state index contributed by atoms with van der Waals surface area (Å²) < 4.78 is 18.1. The molecule has 5 nitrogen and oxygen atoms in total. The SMILES string of the molecule is Cc1ccc(SC2OC(COC(=O)c3ccccc3)[C@@H](C)C(C)[C@@H]2OC(=O)c2ccccc2)cc1. The van der Waals surface area contributed by atoms with E-state index in [2.05, 4.69) is 6.92 Å². The molecule has 1 heterocycles. The number of aryl methyl sites for hydroxylation is 1. The van der Waals surface area contributed by atoms with Crippen molar-refractivity contribution in [1.29, 1.82) is 0 Å². The van der Waals surface area contributed by atoms with Gasteiger partial charge in [-0.1, -0.05) is 79.7 Å². The molecular formula is C29H30O5S. The van der Waals surface area contributed by atoms with Crippen LogP contribution in [0.15, 0.2) is 89.8 Å². The van der Waals surface area contributed by atoms with Crippen LogP contribution in [0.1, 0.15) is 40.1 Å². The second kappa shape index (κ2) is 11.6. The highest BCUT2D eigenvalue weighted by Crippen LogP contribution is 2.40. The van der Waals surface area contributed by atoms with Crippen LogP contribution in [0.5, 0.6) is 0 Å². The van der Waals surface area contributed by atoms with Crippen LogP contribution < -0.4 is 0 Å². The number of rotatable bonds is 7. The Morgan fingerprint density at radius 2 is 1.37 bits per heavy atom. The molecule has 4 rings (SSSR count). The molecular weight excluding hydrogens is 460 g/mol. The van der Waals surface area contributed by atoms with Crippen LogP contribution in [-0.4, -0.2) is 36.2 Å². The third-order valence-electron chi connectivity index (χ3n) is 6.43. The molecule has 6 heteroatoms. The van der Waals surface area contributed by atoms with Gasteiger partial charge in [-0.15, -0.1) is 0 Å². The number of thioether (sulfide) groups is 1. The van der Waals surface area contributed by atoms with E-state index < -0.39 is 11.5 Å². The maximum Gasteiger partial charge on any atom is 0.338 e. The maximum absolute atomic E-state index is 12.9. The number of benzene rings is 3. The zero-order valence-corrected chi connectivity index (χ0v) is 20.9. The third-order valence-corrected chi connectivity index (χ3v) is 7.58. The summed E-state index contributed by atoms with van der Waals surface area (Å²) in [5, 5.41) is 0. The van der Waals surface area contributed by atoms with E-state index >= 15 is 0 Å². The maximum atomic E-state index is 12.9. The van der Waals surface area contributed by atoms with Gasteiger partial charge in [0.1, 0.15) is 18.1 Å². The average Bonchev–Trinajstić information content (AvgIpc) is 2.89. The van der Waals surface area contributed by atoms with Gasteiger partial charge >= 0.3 is 11.9 Å². The third kappa shape index (κ3) is 6.32. The number of carbonyl (C=O) groups is 2. The molecule has 1 saturated heterocycles. The van der Waals surface area contributed by atoms with Gasteiger partial charge in [-0.05, 0) is 49.2 Å². The molecule has 1 fully saturated rings. The van der Waals surface area contributed by atoms with Crippen LogP contribution in [0.25, 0.3) is 0 Å². The van der Waals surface area contributed by atoms with Gasteiger partial charge in [0, 0.05) is 10.8 Å². The highest BCUT2D eigenvalue weighted by atomic mass is 32.2. The monoisotopic (exact) mass is 490 g/mol. The van der Waals surface area contributed by atoms with Gasteiger partial charge in [0.2, 0.25) is 0 Å². The van der Waals surface area contributed by atoms with Crippen molar-refractivity contribution in [1.82, 2.24) is 0 Å². The second-order valence-electron chi connectivity index (χ2n) is 8.89. The highest BCUT2D eigenvalue weighted by Gasteiger charge is 2.44. The summed E-state index contributed by atoms with van der Waals surface area (Å²) in [5.74, 6) is -0.766. The molecule has 0 radical (unpaired) electrons. The molecule has 0 aromatic heterocycles. The van der Waals surface area contributed by atoms with E-state index in [1.54, 1.807) is 36.4 Å². The van der Waals surface area contributed by atoms with Crippen molar-refractivity contribution >= 4 is 23.7 Å². The van der Waals surface area contributed by atoms with Crippen LogP contribution in [0.4, 0.5) is 0 Å². The standard InChI is InChI=1S/C29H30O5S/c1-19-14-16-24(17-15-19)35-29-26(34-28(31)23-12-8-5-9-13-23)21(3)20(2)25(33-29)18-32-27(30)22-10-6-4-7-11-22/h4-17,20-21,25-26,29H,18H2,1-3H3/t20-,21?,25?,26-,29?/m0/s1. The van der Waals surface area contributed by atoms with Crippen LogP contribution in [-0.2, 0) is 14.2 Å². The summed E-state index contributed by atoms with van der Waals surface area (Å²) in [6.45, 7) is 6.27. The first kappa shape index (κ1) is 25.0. The van der Waals surface area contributed by atoms with Crippen LogP contribution in [0.2, 0.25) is 0 Å². The molecule has 0 spiro atoms. The van der Waals surface area contributed by atoms with Crippen LogP contribution >= 0.6 is 11.8 Å². The zero-order chi connectivity index (χ0) is 24.8. The summed E-state index contributed by atoms with van der Waals surface area (Å²) in [6.07, 6.45) is -0.794. The van der Waals surface area contributed by atoms with E-state index in [-0.39, 0.29) is 36.5 Å². The largest absolute Gasteiger partial charge is 0.459 e. The fourth-order valence-electron chi connectivity index (χ4n) is 4.04. The lowest BCUT2D eigenvalue weighted by molar-refractivity contribution is -0.149. The Balaban J connectivity index is 1.51. The van der Waals surface area contributed by atoms with Crippen molar-refractivity contribution in [2.24, 2.45) is 11.8 Å². The Hall–Kier alpha value is -3.09. The van der Waals surface area contributed by atoms with E-state index in [0.717, 1.165) is 4.90 Å². The predicted molar refractivity (Wildman–Crippen MR) is 136 cm³/mol. The van der Waals surface area contributed by atoms with E-state index in [1.807, 2.05) is 62.4 Å². The molecule has 1 aliphatic rings. The predicted octanol–water partition coefficient (Wildman–Crippen LogP) is 6.17. The van der Waals surface area contributed by atoms with Crippen molar-refractivity contribution in [3.05, 3.63) is 102 Å². The normalized spacial score (nSPS) is 23.9. The average molecular weight is 491 g/mol. The zero-order valence-electron chi connectivity index (χ0n) is 20.1. The van der Waals surface area contributed by atoms with Gasteiger partial charge in [0.05, 0.1) is 17.2 Å². The van der Waals surface area contributed by atoms with Crippen molar-refractivity contribution in [3.8, 4) is 0 Å². The summed E-state index contributed by atoms with van der Waals surface area (Å²) in [4.78, 5) is 26.4.